The molecule has 272 valence electrons. The number of hydrogen-bond donors (Lipinski definition) is 1. The van der Waals surface area contributed by atoms with Crippen LogP contribution in [0.5, 0.6) is 11.5 Å². The third-order valence-corrected chi connectivity index (χ3v) is 10.7. The van der Waals surface area contributed by atoms with Crippen molar-refractivity contribution in [2.24, 2.45) is 0 Å². The summed E-state index contributed by atoms with van der Waals surface area (Å²) in [7, 11) is -2.19. The van der Waals surface area contributed by atoms with Crippen molar-refractivity contribution in [3.05, 3.63) is 94.1 Å². The lowest BCUT2D eigenvalue weighted by atomic mass is 10.1. The molecule has 1 aromatic heterocycles. The van der Waals surface area contributed by atoms with Crippen LogP contribution in [-0.2, 0) is 37.1 Å². The van der Waals surface area contributed by atoms with Gasteiger partial charge in [0, 0.05) is 34.8 Å². The Labute approximate surface area is 303 Å². The summed E-state index contributed by atoms with van der Waals surface area (Å²) in [6, 6.07) is 19.8. The van der Waals surface area contributed by atoms with E-state index < -0.39 is 27.5 Å². The molecular weight excluding hydrogens is 694 g/mol. The average Bonchev–Trinajstić information content (AvgIpc) is 3.71. The number of hydrogen-bond acceptors (Lipinski definition) is 9. The molecule has 5 rings (SSSR count). The van der Waals surface area contributed by atoms with Crippen LogP contribution >= 0.6 is 11.6 Å². The van der Waals surface area contributed by atoms with Crippen molar-refractivity contribution in [3.63, 3.8) is 0 Å². The van der Waals surface area contributed by atoms with Crippen LogP contribution in [0.15, 0.2) is 66.7 Å². The van der Waals surface area contributed by atoms with Crippen LogP contribution in [0, 0.1) is 6.92 Å². The van der Waals surface area contributed by atoms with Crippen molar-refractivity contribution in [3.8, 4) is 11.5 Å². The zero-order chi connectivity index (χ0) is 36.4. The summed E-state index contributed by atoms with van der Waals surface area (Å²) in [5.41, 5.74) is 3.39. The van der Waals surface area contributed by atoms with Crippen LogP contribution in [0.2, 0.25) is 5.02 Å². The topological polar surface area (TPSA) is 133 Å². The number of nitrogens with zero attached hydrogens (tertiary/aromatic N) is 2. The Morgan fingerprint density at radius 1 is 0.922 bits per heavy atom. The van der Waals surface area contributed by atoms with Crippen LogP contribution in [0.4, 0.5) is 0 Å². The summed E-state index contributed by atoms with van der Waals surface area (Å²) in [5, 5.41) is 3.81. The van der Waals surface area contributed by atoms with Crippen LogP contribution in [0.25, 0.3) is 10.9 Å². The Morgan fingerprint density at radius 3 is 2.43 bits per heavy atom. The number of amides is 1. The van der Waals surface area contributed by atoms with Gasteiger partial charge in [-0.3, -0.25) is 23.9 Å². The second-order valence-corrected chi connectivity index (χ2v) is 15.2. The molecule has 0 radical (unpaired) electrons. The fraction of sp³-hybridized carbons (Fsp3) is 0.395. The largest absolute Gasteiger partial charge is 0.497 e. The predicted molar refractivity (Wildman–Crippen MR) is 196 cm³/mol. The molecule has 0 saturated carbocycles. The number of fused-ring (bicyclic) bond motifs is 1. The maximum atomic E-state index is 13.5. The van der Waals surface area contributed by atoms with Gasteiger partial charge < -0.3 is 19.5 Å². The quantitative estimate of drug-likeness (QED) is 0.112. The highest BCUT2D eigenvalue weighted by molar-refractivity contribution is 7.92. The van der Waals surface area contributed by atoms with Crippen molar-refractivity contribution in [1.29, 1.82) is 0 Å². The van der Waals surface area contributed by atoms with E-state index in [0.717, 1.165) is 25.4 Å². The molecule has 0 bridgehead atoms. The molecule has 3 aromatic carbocycles. The summed E-state index contributed by atoms with van der Waals surface area (Å²) in [5.74, 6) is -1.07. The maximum absolute atomic E-state index is 13.5. The standard InChI is InChI=1S/C38H44ClN3O8S/c1-27-33(34-23-31(48-2)14-15-35(34)42(27)38(45)29-10-12-30(39)13-11-29)24-37(44)50-20-7-21-51(46,47)26-36(43)40-16-6-19-49-32-9-5-8-28(22-32)25-41-17-3-4-18-41/h5,8-15,22-23H,3-4,6-7,16-21,24-26H2,1-2H3,(H,40,43). The van der Waals surface area contributed by atoms with Gasteiger partial charge >= 0.3 is 5.97 Å². The molecule has 0 atom stereocenters. The van der Waals surface area contributed by atoms with Gasteiger partial charge in [-0.15, -0.1) is 0 Å². The lowest BCUT2D eigenvalue weighted by molar-refractivity contribution is -0.142. The van der Waals surface area contributed by atoms with Crippen LogP contribution < -0.4 is 14.8 Å². The lowest BCUT2D eigenvalue weighted by Gasteiger charge is -2.15. The first-order chi connectivity index (χ1) is 24.5. The Hall–Kier alpha value is -4.39. The minimum Gasteiger partial charge on any atom is -0.497 e. The van der Waals surface area contributed by atoms with Gasteiger partial charge in [0.1, 0.15) is 17.3 Å². The van der Waals surface area contributed by atoms with Gasteiger partial charge in [-0.25, -0.2) is 8.42 Å². The fourth-order valence-electron chi connectivity index (χ4n) is 6.20. The highest BCUT2D eigenvalue weighted by atomic mass is 35.5. The molecular formula is C38H44ClN3O8S. The Morgan fingerprint density at radius 2 is 1.69 bits per heavy atom. The number of methoxy groups -OCH3 is 1. The molecule has 1 aliphatic heterocycles. The number of ether oxygens (including phenoxy) is 3. The molecule has 1 amide bonds. The lowest BCUT2D eigenvalue weighted by Crippen LogP contribution is -2.32. The van der Waals surface area contributed by atoms with Crippen molar-refractivity contribution in [1.82, 2.24) is 14.8 Å². The summed E-state index contributed by atoms with van der Waals surface area (Å²) in [6.07, 6.45) is 2.90. The van der Waals surface area contributed by atoms with E-state index in [9.17, 15) is 22.8 Å². The Kier molecular flexibility index (Phi) is 13.1. The molecule has 1 aliphatic rings. The number of rotatable bonds is 17. The van der Waals surface area contributed by atoms with E-state index in [2.05, 4.69) is 16.3 Å². The van der Waals surface area contributed by atoms with Gasteiger partial charge in [0.05, 0.1) is 38.0 Å². The van der Waals surface area contributed by atoms with Gasteiger partial charge in [-0.05, 0) is 111 Å². The SMILES string of the molecule is COc1ccc2c(c1)c(CC(=O)OCCCS(=O)(=O)CC(=O)NCCCOc1cccc(CN3CCCC3)c1)c(C)n2C(=O)c1ccc(Cl)cc1. The van der Waals surface area contributed by atoms with E-state index in [1.807, 2.05) is 18.2 Å². The fourth-order valence-corrected chi connectivity index (χ4v) is 7.53. The molecule has 1 saturated heterocycles. The second kappa shape index (κ2) is 17.7. The van der Waals surface area contributed by atoms with Crippen LogP contribution in [0.3, 0.4) is 0 Å². The average molecular weight is 738 g/mol. The molecule has 1 fully saturated rings. The molecule has 2 heterocycles. The summed E-state index contributed by atoms with van der Waals surface area (Å²) in [6.45, 7) is 5.43. The van der Waals surface area contributed by atoms with E-state index in [1.165, 1.54) is 25.5 Å². The molecule has 13 heteroatoms. The molecule has 11 nitrogen and oxygen atoms in total. The first-order valence-electron chi connectivity index (χ1n) is 17.1. The highest BCUT2D eigenvalue weighted by Crippen LogP contribution is 2.31. The zero-order valence-electron chi connectivity index (χ0n) is 29.0. The highest BCUT2D eigenvalue weighted by Gasteiger charge is 2.23. The number of aromatic nitrogens is 1. The predicted octanol–water partition coefficient (Wildman–Crippen LogP) is 5.37. The van der Waals surface area contributed by atoms with Gasteiger partial charge in [0.25, 0.3) is 5.91 Å². The smallest absolute Gasteiger partial charge is 0.310 e. The van der Waals surface area contributed by atoms with E-state index in [1.54, 1.807) is 54.0 Å². The first-order valence-corrected chi connectivity index (χ1v) is 19.3. The van der Waals surface area contributed by atoms with Crippen LogP contribution in [0.1, 0.15) is 52.9 Å². The Balaban J connectivity index is 1.05. The molecule has 0 spiro atoms. The normalized spacial score (nSPS) is 13.3. The number of carbonyl (C=O) groups is 3. The van der Waals surface area contributed by atoms with E-state index in [0.29, 0.717) is 51.5 Å². The van der Waals surface area contributed by atoms with Gasteiger partial charge in [-0.2, -0.15) is 0 Å². The third kappa shape index (κ3) is 10.6. The minimum absolute atomic E-state index is 0.0373. The number of halogens is 1. The molecule has 0 unspecified atom stereocenters. The van der Waals surface area contributed by atoms with Crippen LogP contribution in [-0.4, -0.2) is 87.1 Å². The van der Waals surface area contributed by atoms with Gasteiger partial charge in [-0.1, -0.05) is 23.7 Å². The molecule has 51 heavy (non-hydrogen) atoms. The molecule has 1 N–H and O–H groups in total. The number of likely N-dealkylation sites (tertiary alicyclic amines) is 1. The molecule has 0 aliphatic carbocycles. The number of esters is 1. The maximum Gasteiger partial charge on any atom is 0.310 e. The number of sulfone groups is 1. The summed E-state index contributed by atoms with van der Waals surface area (Å²) >= 11 is 6.01. The van der Waals surface area contributed by atoms with E-state index in [4.69, 9.17) is 25.8 Å². The number of benzene rings is 3. The monoisotopic (exact) mass is 737 g/mol. The van der Waals surface area contributed by atoms with Crippen molar-refractivity contribution in [2.45, 2.75) is 45.6 Å². The van der Waals surface area contributed by atoms with E-state index >= 15 is 0 Å². The van der Waals surface area contributed by atoms with Crippen molar-refractivity contribution >= 4 is 50.1 Å². The third-order valence-electron chi connectivity index (χ3n) is 8.79. The minimum atomic E-state index is -3.72. The van der Waals surface area contributed by atoms with Crippen molar-refractivity contribution in [2.75, 3.05) is 51.5 Å². The second-order valence-electron chi connectivity index (χ2n) is 12.6. The van der Waals surface area contributed by atoms with Crippen molar-refractivity contribution < 1.29 is 37.0 Å². The van der Waals surface area contributed by atoms with Gasteiger partial charge in [0.15, 0.2) is 9.84 Å². The number of carbonyl (C=O) groups excluding carboxylic acids is 3. The zero-order valence-corrected chi connectivity index (χ0v) is 30.6. The van der Waals surface area contributed by atoms with E-state index in [-0.39, 0.29) is 37.7 Å². The molecule has 4 aromatic rings. The Bertz CT molecular complexity index is 1950. The first kappa shape index (κ1) is 37.9. The summed E-state index contributed by atoms with van der Waals surface area (Å²) < 4.78 is 43.3. The summed E-state index contributed by atoms with van der Waals surface area (Å²) in [4.78, 5) is 41.2. The van der Waals surface area contributed by atoms with Gasteiger partial charge in [0.2, 0.25) is 5.91 Å². The number of nitrogens with one attached hydrogen (secondary N) is 1.